The number of hydrogen-bond donors (Lipinski definition) is 5. The first kappa shape index (κ1) is 30.4. The van der Waals surface area contributed by atoms with Gasteiger partial charge in [0.2, 0.25) is 5.91 Å². The van der Waals surface area contributed by atoms with Gasteiger partial charge in [0.15, 0.2) is 0 Å². The van der Waals surface area contributed by atoms with E-state index in [1.165, 1.54) is 0 Å². The van der Waals surface area contributed by atoms with E-state index in [9.17, 15) is 9.90 Å². The summed E-state index contributed by atoms with van der Waals surface area (Å²) in [6.07, 6.45) is 6.32. The maximum Gasteiger partial charge on any atom is 0.248 e. The lowest BCUT2D eigenvalue weighted by Crippen LogP contribution is -2.24. The normalized spacial score (nSPS) is 11.3. The Morgan fingerprint density at radius 1 is 0.860 bits per heavy atom. The first-order chi connectivity index (χ1) is 21.0. The molecule has 5 rings (SSSR count). The van der Waals surface area contributed by atoms with Crippen molar-refractivity contribution in [1.82, 2.24) is 20.6 Å². The molecular formula is C34H37ClN6O2. The molecule has 8 nitrogen and oxygen atoms in total. The van der Waals surface area contributed by atoms with Crippen molar-refractivity contribution in [2.24, 2.45) is 5.73 Å². The van der Waals surface area contributed by atoms with Crippen LogP contribution in [0.15, 0.2) is 79.1 Å². The minimum Gasteiger partial charge on any atom is -0.396 e. The van der Waals surface area contributed by atoms with E-state index in [4.69, 9.17) is 22.3 Å². The van der Waals surface area contributed by atoms with Gasteiger partial charge in [-0.3, -0.25) is 9.78 Å². The zero-order valence-corrected chi connectivity index (χ0v) is 24.8. The molecule has 43 heavy (non-hydrogen) atoms. The summed E-state index contributed by atoms with van der Waals surface area (Å²) >= 11 is 6.64. The van der Waals surface area contributed by atoms with Crippen LogP contribution in [0, 0.1) is 0 Å². The number of pyridine rings is 2. The number of aliphatic hydroxyl groups is 1. The molecule has 2 aromatic heterocycles. The van der Waals surface area contributed by atoms with Crippen molar-refractivity contribution < 1.29 is 9.90 Å². The van der Waals surface area contributed by atoms with Crippen LogP contribution in [0.25, 0.3) is 32.8 Å². The molecular weight excluding hydrogens is 560 g/mol. The largest absolute Gasteiger partial charge is 0.396 e. The van der Waals surface area contributed by atoms with Gasteiger partial charge < -0.3 is 26.8 Å². The molecule has 5 aromatic rings. The summed E-state index contributed by atoms with van der Waals surface area (Å²) in [5, 5.41) is 23.4. The highest BCUT2D eigenvalue weighted by molar-refractivity contribution is 6.33. The van der Waals surface area contributed by atoms with Crippen LogP contribution in [-0.2, 0) is 13.0 Å². The summed E-state index contributed by atoms with van der Waals surface area (Å²) in [4.78, 5) is 20.7. The first-order valence-electron chi connectivity index (χ1n) is 14.7. The number of anilines is 1. The molecule has 9 heteroatoms. The number of nitrogens with one attached hydrogen (secondary N) is 3. The van der Waals surface area contributed by atoms with E-state index in [1.54, 1.807) is 18.3 Å². The zero-order chi connectivity index (χ0) is 30.0. The van der Waals surface area contributed by atoms with Crippen LogP contribution in [0.3, 0.4) is 0 Å². The van der Waals surface area contributed by atoms with E-state index in [2.05, 4.69) is 39.1 Å². The van der Waals surface area contributed by atoms with E-state index < -0.39 is 5.91 Å². The zero-order valence-electron chi connectivity index (χ0n) is 24.1. The van der Waals surface area contributed by atoms with Gasteiger partial charge in [-0.25, -0.2) is 4.98 Å². The number of amides is 1. The molecule has 0 atom stereocenters. The highest BCUT2D eigenvalue weighted by atomic mass is 35.5. The van der Waals surface area contributed by atoms with Gasteiger partial charge >= 0.3 is 0 Å². The minimum atomic E-state index is -0.473. The van der Waals surface area contributed by atoms with Gasteiger partial charge in [0, 0.05) is 70.9 Å². The van der Waals surface area contributed by atoms with Gasteiger partial charge in [0.1, 0.15) is 5.82 Å². The Hall–Kier alpha value is -4.08. The number of nitrogens with zero attached hydrogens (tertiary/aromatic N) is 2. The molecule has 2 heterocycles. The van der Waals surface area contributed by atoms with Gasteiger partial charge in [-0.2, -0.15) is 0 Å². The minimum absolute atomic E-state index is 0.114. The highest BCUT2D eigenvalue weighted by Crippen LogP contribution is 2.32. The molecule has 0 aliphatic carbocycles. The Balaban J connectivity index is 1.03. The second kappa shape index (κ2) is 14.9. The number of aliphatic hydroxyl groups excluding tert-OH is 1. The predicted octanol–water partition coefficient (Wildman–Crippen LogP) is 5.31. The lowest BCUT2D eigenvalue weighted by atomic mass is 9.97. The molecule has 1 amide bonds. The third kappa shape index (κ3) is 7.66. The molecule has 0 spiro atoms. The topological polar surface area (TPSA) is 125 Å². The number of fused-ring (bicyclic) bond motifs is 3. The smallest absolute Gasteiger partial charge is 0.248 e. The second-order valence-corrected chi connectivity index (χ2v) is 10.9. The van der Waals surface area contributed by atoms with Gasteiger partial charge in [0.05, 0.1) is 5.52 Å². The molecule has 3 aromatic carbocycles. The third-order valence-corrected chi connectivity index (χ3v) is 7.80. The van der Waals surface area contributed by atoms with Crippen molar-refractivity contribution in [2.75, 3.05) is 38.1 Å². The third-order valence-electron chi connectivity index (χ3n) is 7.48. The number of rotatable bonds is 15. The fraction of sp³-hybridized carbons (Fsp3) is 0.265. The second-order valence-electron chi connectivity index (χ2n) is 10.5. The van der Waals surface area contributed by atoms with E-state index in [0.717, 1.165) is 88.3 Å². The fourth-order valence-corrected chi connectivity index (χ4v) is 5.58. The monoisotopic (exact) mass is 596 g/mol. The Morgan fingerprint density at radius 3 is 2.51 bits per heavy atom. The summed E-state index contributed by atoms with van der Waals surface area (Å²) < 4.78 is 0. The van der Waals surface area contributed by atoms with E-state index in [1.807, 2.05) is 42.6 Å². The van der Waals surface area contributed by atoms with Crippen molar-refractivity contribution >= 4 is 45.0 Å². The quantitative estimate of drug-likeness (QED) is 0.0819. The lowest BCUT2D eigenvalue weighted by molar-refractivity contribution is 0.100. The van der Waals surface area contributed by atoms with Gasteiger partial charge in [-0.15, -0.1) is 0 Å². The maximum atomic E-state index is 11.7. The molecule has 0 radical (unpaired) electrons. The number of halogens is 1. The molecule has 0 aliphatic heterocycles. The van der Waals surface area contributed by atoms with Crippen molar-refractivity contribution in [3.8, 4) is 11.1 Å². The van der Waals surface area contributed by atoms with Crippen molar-refractivity contribution in [1.29, 1.82) is 0 Å². The van der Waals surface area contributed by atoms with Crippen molar-refractivity contribution in [3.63, 3.8) is 0 Å². The summed E-state index contributed by atoms with van der Waals surface area (Å²) in [5.41, 5.74) is 10.9. The van der Waals surface area contributed by atoms with Crippen LogP contribution < -0.4 is 21.7 Å². The molecule has 222 valence electrons. The number of primary amides is 1. The Kier molecular flexibility index (Phi) is 10.5. The summed E-state index contributed by atoms with van der Waals surface area (Å²) in [6.45, 7) is 4.24. The SMILES string of the molecule is NC(=O)c1ccc2c(c1)nc(NCCNCCCCNCc1ccc(-c3ccccc3CCO)c(Cl)c1)c1ccncc12. The number of hydrogen-bond acceptors (Lipinski definition) is 7. The fourth-order valence-electron chi connectivity index (χ4n) is 5.27. The van der Waals surface area contributed by atoms with Crippen molar-refractivity contribution in [2.45, 2.75) is 25.8 Å². The number of carbonyl (C=O) groups excluding carboxylic acids is 1. The molecule has 0 bridgehead atoms. The Labute approximate surface area is 256 Å². The van der Waals surface area contributed by atoms with Crippen LogP contribution >= 0.6 is 11.6 Å². The average Bonchev–Trinajstić information content (AvgIpc) is 3.02. The summed E-state index contributed by atoms with van der Waals surface area (Å²) in [7, 11) is 0. The predicted molar refractivity (Wildman–Crippen MR) is 176 cm³/mol. The number of benzene rings is 3. The van der Waals surface area contributed by atoms with Crippen LogP contribution in [0.2, 0.25) is 5.02 Å². The summed E-state index contributed by atoms with van der Waals surface area (Å²) in [6, 6.07) is 21.5. The number of carbonyl (C=O) groups is 1. The molecule has 0 aliphatic rings. The Morgan fingerprint density at radius 2 is 1.70 bits per heavy atom. The van der Waals surface area contributed by atoms with Crippen molar-refractivity contribution in [3.05, 3.63) is 101 Å². The molecule has 0 fully saturated rings. The van der Waals surface area contributed by atoms with Gasteiger partial charge in [-0.05, 0) is 73.3 Å². The van der Waals surface area contributed by atoms with E-state index in [-0.39, 0.29) is 6.61 Å². The number of nitrogens with two attached hydrogens (primary N) is 1. The van der Waals surface area contributed by atoms with Crippen LogP contribution in [-0.4, -0.2) is 53.8 Å². The van der Waals surface area contributed by atoms with E-state index in [0.29, 0.717) is 24.0 Å². The Bertz CT molecular complexity index is 1710. The lowest BCUT2D eigenvalue weighted by Gasteiger charge is -2.13. The molecule has 0 saturated carbocycles. The summed E-state index contributed by atoms with van der Waals surface area (Å²) in [5.74, 6) is 0.291. The van der Waals surface area contributed by atoms with E-state index >= 15 is 0 Å². The average molecular weight is 597 g/mol. The maximum absolute atomic E-state index is 11.7. The first-order valence-corrected chi connectivity index (χ1v) is 15.0. The van der Waals surface area contributed by atoms with Gasteiger partial charge in [-0.1, -0.05) is 54.1 Å². The highest BCUT2D eigenvalue weighted by Gasteiger charge is 2.11. The molecule has 0 unspecified atom stereocenters. The molecule has 6 N–H and O–H groups in total. The molecule has 0 saturated heterocycles. The van der Waals surface area contributed by atoms with Crippen LogP contribution in [0.4, 0.5) is 5.82 Å². The van der Waals surface area contributed by atoms with Crippen LogP contribution in [0.1, 0.15) is 34.3 Å². The number of aromatic nitrogens is 2. The van der Waals surface area contributed by atoms with Crippen LogP contribution in [0.5, 0.6) is 0 Å². The standard InChI is InChI=1S/C34H37ClN6O2/c35-31-19-23(7-9-27(31)26-6-2-1-5-24(26)12-18-42)21-38-14-4-3-13-37-16-17-40-34-29-11-15-39-22-30(29)28-10-8-25(33(36)43)20-32(28)41-34/h1-2,5-11,15,19-20,22,37-38,42H,3-4,12-14,16-18,21H2,(H2,36,43)(H,40,41). The van der Waals surface area contributed by atoms with Gasteiger partial charge in [0.25, 0.3) is 0 Å². The number of unbranched alkanes of at least 4 members (excludes halogenated alkanes) is 1.